The molecule has 0 bridgehead atoms. The first-order valence-electron chi connectivity index (χ1n) is 11.5. The third-order valence-electron chi connectivity index (χ3n) is 6.36. The number of aromatic nitrogens is 3. The molecule has 1 aromatic carbocycles. The number of hydrogen-bond acceptors (Lipinski definition) is 7. The Balaban J connectivity index is 1.39. The second kappa shape index (κ2) is 8.99. The van der Waals surface area contributed by atoms with Crippen LogP contribution in [0.25, 0.3) is 5.65 Å². The molecule has 2 atom stereocenters. The zero-order valence-electron chi connectivity index (χ0n) is 19.2. The lowest BCUT2D eigenvalue weighted by molar-refractivity contribution is 0.0696. The number of alkyl halides is 2. The molecule has 10 heteroatoms. The van der Waals surface area contributed by atoms with Crippen LogP contribution in [0.4, 0.5) is 14.5 Å². The number of benzene rings is 1. The molecular weight excluding hydrogens is 444 g/mol. The Labute approximate surface area is 196 Å². The van der Waals surface area contributed by atoms with Crippen LogP contribution < -0.4 is 14.8 Å². The zero-order chi connectivity index (χ0) is 23.9. The summed E-state index contributed by atoms with van der Waals surface area (Å²) in [5, 5.41) is 18.3. The minimum Gasteiger partial charge on any atom is -0.490 e. The molecule has 1 unspecified atom stereocenters. The molecule has 8 nitrogen and oxygen atoms in total. The van der Waals surface area contributed by atoms with Gasteiger partial charge in [-0.3, -0.25) is 4.90 Å². The van der Waals surface area contributed by atoms with Gasteiger partial charge in [0, 0.05) is 36.5 Å². The second-order valence-electron chi connectivity index (χ2n) is 9.52. The molecule has 4 heterocycles. The summed E-state index contributed by atoms with van der Waals surface area (Å²) in [6.07, 6.45) is 3.91. The smallest absolute Gasteiger partial charge is 0.251 e. The monoisotopic (exact) mass is 473 g/mol. The van der Waals surface area contributed by atoms with Crippen molar-refractivity contribution in [3.63, 3.8) is 0 Å². The van der Waals surface area contributed by atoms with Gasteiger partial charge in [0.2, 0.25) is 0 Å². The van der Waals surface area contributed by atoms with Gasteiger partial charge in [0.05, 0.1) is 24.0 Å². The first-order chi connectivity index (χ1) is 16.3. The Morgan fingerprint density at radius 2 is 2.21 bits per heavy atom. The normalized spacial score (nSPS) is 20.5. The maximum Gasteiger partial charge on any atom is 0.251 e. The van der Waals surface area contributed by atoms with Gasteiger partial charge >= 0.3 is 0 Å². The van der Waals surface area contributed by atoms with Crippen molar-refractivity contribution in [1.82, 2.24) is 19.5 Å². The highest BCUT2D eigenvalue weighted by Crippen LogP contribution is 2.42. The van der Waals surface area contributed by atoms with Crippen molar-refractivity contribution in [3.8, 4) is 11.5 Å². The van der Waals surface area contributed by atoms with Crippen LogP contribution in [0.1, 0.15) is 44.0 Å². The molecule has 0 saturated carbocycles. The number of ether oxygens (including phenoxy) is 2. The summed E-state index contributed by atoms with van der Waals surface area (Å²) in [4.78, 5) is 6.09. The number of fused-ring (bicyclic) bond motifs is 2. The van der Waals surface area contributed by atoms with E-state index in [9.17, 15) is 13.9 Å². The molecule has 182 valence electrons. The third kappa shape index (κ3) is 4.65. The molecule has 3 aromatic rings. The van der Waals surface area contributed by atoms with Crippen LogP contribution in [-0.2, 0) is 6.42 Å². The topological polar surface area (TPSA) is 84.2 Å². The van der Waals surface area contributed by atoms with E-state index in [0.29, 0.717) is 29.2 Å². The van der Waals surface area contributed by atoms with Gasteiger partial charge in [-0.15, -0.1) is 0 Å². The predicted molar refractivity (Wildman–Crippen MR) is 123 cm³/mol. The first-order valence-corrected chi connectivity index (χ1v) is 11.5. The number of likely N-dealkylation sites (tertiary alicyclic amines) is 1. The Bertz CT molecular complexity index is 1170. The van der Waals surface area contributed by atoms with E-state index in [1.807, 2.05) is 26.0 Å². The predicted octanol–water partition coefficient (Wildman–Crippen LogP) is 3.65. The molecule has 2 aliphatic rings. The van der Waals surface area contributed by atoms with Crippen LogP contribution >= 0.6 is 0 Å². The quantitative estimate of drug-likeness (QED) is 0.483. The van der Waals surface area contributed by atoms with E-state index >= 15 is 0 Å². The number of halogens is 2. The maximum atomic E-state index is 13.0. The van der Waals surface area contributed by atoms with Crippen LogP contribution in [0, 0.1) is 0 Å². The molecule has 2 N–H and O–H groups in total. The second-order valence-corrected chi connectivity index (χ2v) is 9.52. The van der Waals surface area contributed by atoms with Crippen LogP contribution in [-0.4, -0.2) is 62.4 Å². The average Bonchev–Trinajstić information content (AvgIpc) is 3.47. The Morgan fingerprint density at radius 3 is 3.03 bits per heavy atom. The molecule has 2 aliphatic heterocycles. The first kappa shape index (κ1) is 22.8. The lowest BCUT2D eigenvalue weighted by Crippen LogP contribution is -2.37. The van der Waals surface area contributed by atoms with Gasteiger partial charge in [0.25, 0.3) is 6.43 Å². The van der Waals surface area contributed by atoms with E-state index in [1.54, 1.807) is 34.1 Å². The fraction of sp³-hybridized carbons (Fsp3) is 0.500. The zero-order valence-corrected chi connectivity index (χ0v) is 19.2. The minimum absolute atomic E-state index is 0.0822. The van der Waals surface area contributed by atoms with E-state index in [1.165, 1.54) is 0 Å². The van der Waals surface area contributed by atoms with Crippen molar-refractivity contribution in [1.29, 1.82) is 0 Å². The van der Waals surface area contributed by atoms with Crippen molar-refractivity contribution in [2.24, 2.45) is 0 Å². The van der Waals surface area contributed by atoms with Gasteiger partial charge in [0.1, 0.15) is 23.7 Å². The molecule has 2 aromatic heterocycles. The van der Waals surface area contributed by atoms with Gasteiger partial charge in [-0.1, -0.05) is 0 Å². The Morgan fingerprint density at radius 1 is 1.35 bits per heavy atom. The summed E-state index contributed by atoms with van der Waals surface area (Å²) < 4.78 is 39.7. The average molecular weight is 474 g/mol. The molecule has 0 amide bonds. The lowest BCUT2D eigenvalue weighted by Gasteiger charge is -2.25. The summed E-state index contributed by atoms with van der Waals surface area (Å²) in [6.45, 7) is 4.70. The lowest BCUT2D eigenvalue weighted by atomic mass is 10.0. The van der Waals surface area contributed by atoms with Gasteiger partial charge in [0.15, 0.2) is 11.9 Å². The van der Waals surface area contributed by atoms with Gasteiger partial charge in [-0.25, -0.2) is 18.3 Å². The number of aliphatic hydroxyl groups is 1. The minimum atomic E-state index is -2.37. The fourth-order valence-corrected chi connectivity index (χ4v) is 4.81. The molecule has 0 aliphatic carbocycles. The summed E-state index contributed by atoms with van der Waals surface area (Å²) in [5.74, 6) is 1.23. The SMILES string of the molecule is CC1(C)Cc2cc(NC(O)c3cnn4cccnc34)c(OC[C@H]3CCCN3CC(F)F)cc2O1. The van der Waals surface area contributed by atoms with Crippen molar-refractivity contribution < 1.29 is 23.4 Å². The summed E-state index contributed by atoms with van der Waals surface area (Å²) in [6, 6.07) is 5.42. The van der Waals surface area contributed by atoms with Crippen molar-refractivity contribution in [3.05, 3.63) is 47.9 Å². The Kier molecular flexibility index (Phi) is 6.03. The number of hydrogen-bond donors (Lipinski definition) is 2. The summed E-state index contributed by atoms with van der Waals surface area (Å²) in [5.41, 5.74) is 2.33. The van der Waals surface area contributed by atoms with Gasteiger partial charge in [-0.2, -0.15) is 5.10 Å². The van der Waals surface area contributed by atoms with E-state index in [2.05, 4.69) is 15.4 Å². The van der Waals surface area contributed by atoms with Crippen molar-refractivity contribution in [2.75, 3.05) is 25.0 Å². The molecule has 0 spiro atoms. The standard InChI is InChI=1S/C24H29F2N5O3/c1-24(2)11-15-9-18(29-23(32)17-12-28-31-8-4-6-27-22(17)31)20(10-19(15)34-24)33-14-16-5-3-7-30(16)13-21(25)26/h4,6,8-10,12,16,21,23,29,32H,3,5,7,11,13-14H2,1-2H3/t16-,23?/m1/s1. The maximum absolute atomic E-state index is 13.0. The van der Waals surface area contributed by atoms with E-state index in [0.717, 1.165) is 30.6 Å². The van der Waals surface area contributed by atoms with Crippen LogP contribution in [0.15, 0.2) is 36.8 Å². The third-order valence-corrected chi connectivity index (χ3v) is 6.36. The highest BCUT2D eigenvalue weighted by Gasteiger charge is 2.32. The van der Waals surface area contributed by atoms with Crippen LogP contribution in [0.5, 0.6) is 11.5 Å². The largest absolute Gasteiger partial charge is 0.490 e. The highest BCUT2D eigenvalue weighted by molar-refractivity contribution is 5.64. The molecule has 5 rings (SSSR count). The van der Waals surface area contributed by atoms with Crippen molar-refractivity contribution in [2.45, 2.75) is 57.4 Å². The van der Waals surface area contributed by atoms with Gasteiger partial charge in [-0.05, 0) is 45.4 Å². The van der Waals surface area contributed by atoms with E-state index in [-0.39, 0.29) is 24.8 Å². The number of nitrogens with one attached hydrogen (secondary N) is 1. The molecule has 1 fully saturated rings. The number of rotatable bonds is 8. The van der Waals surface area contributed by atoms with Crippen LogP contribution in [0.3, 0.4) is 0 Å². The van der Waals surface area contributed by atoms with Crippen LogP contribution in [0.2, 0.25) is 0 Å². The molecule has 0 radical (unpaired) electrons. The Hall–Kier alpha value is -2.98. The van der Waals surface area contributed by atoms with E-state index in [4.69, 9.17) is 9.47 Å². The number of nitrogens with zero attached hydrogens (tertiary/aromatic N) is 4. The van der Waals surface area contributed by atoms with Gasteiger partial charge < -0.3 is 19.9 Å². The summed E-state index contributed by atoms with van der Waals surface area (Å²) in [7, 11) is 0. The number of aliphatic hydroxyl groups excluding tert-OH is 1. The molecular formula is C24H29F2N5O3. The summed E-state index contributed by atoms with van der Waals surface area (Å²) >= 11 is 0. The highest BCUT2D eigenvalue weighted by atomic mass is 19.3. The fourth-order valence-electron chi connectivity index (χ4n) is 4.81. The van der Waals surface area contributed by atoms with E-state index < -0.39 is 12.7 Å². The number of anilines is 1. The molecule has 1 saturated heterocycles. The molecule has 34 heavy (non-hydrogen) atoms. The van der Waals surface area contributed by atoms with Crippen molar-refractivity contribution >= 4 is 11.3 Å².